The van der Waals surface area contributed by atoms with E-state index in [1.165, 1.54) is 17.9 Å². The van der Waals surface area contributed by atoms with E-state index >= 15 is 0 Å². The van der Waals surface area contributed by atoms with Gasteiger partial charge >= 0.3 is 6.09 Å². The molecule has 1 aliphatic carbocycles. The molecule has 1 saturated carbocycles. The van der Waals surface area contributed by atoms with Crippen LogP contribution in [0.1, 0.15) is 26.2 Å². The molecule has 0 bridgehead atoms. The molecule has 1 aromatic rings. The lowest BCUT2D eigenvalue weighted by Crippen LogP contribution is -2.33. The van der Waals surface area contributed by atoms with Crippen molar-refractivity contribution in [1.29, 1.82) is 0 Å². The number of fused-ring (bicyclic) bond motifs is 1. The Kier molecular flexibility index (Phi) is 5.94. The van der Waals surface area contributed by atoms with Crippen LogP contribution >= 0.6 is 0 Å². The summed E-state index contributed by atoms with van der Waals surface area (Å²) in [5.74, 6) is 1.10. The minimum atomic E-state index is -0.528. The lowest BCUT2D eigenvalue weighted by Gasteiger charge is -2.25. The van der Waals surface area contributed by atoms with Gasteiger partial charge in [-0.2, -0.15) is 0 Å². The molecule has 3 aliphatic heterocycles. The van der Waals surface area contributed by atoms with Gasteiger partial charge < -0.3 is 24.4 Å². The smallest absolute Gasteiger partial charge is 0.414 e. The molecule has 4 atom stereocenters. The van der Waals surface area contributed by atoms with Gasteiger partial charge in [-0.25, -0.2) is 9.18 Å². The van der Waals surface area contributed by atoms with E-state index in [9.17, 15) is 14.0 Å². The molecular formula is C23H30FN3O5. The number of hydrogen-bond acceptors (Lipinski definition) is 6. The van der Waals surface area contributed by atoms with Crippen molar-refractivity contribution in [2.75, 3.05) is 49.2 Å². The molecule has 4 aliphatic rings. The average molecular weight is 448 g/mol. The fraction of sp³-hybridized carbons (Fsp3) is 0.652. The molecule has 174 valence electrons. The molecule has 1 N–H and O–H groups in total. The summed E-state index contributed by atoms with van der Waals surface area (Å²) in [4.78, 5) is 26.7. The highest BCUT2D eigenvalue weighted by Gasteiger charge is 2.56. The number of halogens is 1. The molecule has 3 saturated heterocycles. The number of ether oxygens (including phenoxy) is 3. The third kappa shape index (κ3) is 4.41. The highest BCUT2D eigenvalue weighted by Crippen LogP contribution is 2.53. The molecule has 0 spiro atoms. The Bertz CT molecular complexity index is 865. The highest BCUT2D eigenvalue weighted by atomic mass is 19.1. The van der Waals surface area contributed by atoms with Crippen molar-refractivity contribution in [3.63, 3.8) is 0 Å². The minimum absolute atomic E-state index is 0.0544. The van der Waals surface area contributed by atoms with Gasteiger partial charge in [0.1, 0.15) is 11.9 Å². The van der Waals surface area contributed by atoms with Gasteiger partial charge in [0.2, 0.25) is 5.91 Å². The van der Waals surface area contributed by atoms with Crippen molar-refractivity contribution in [3.8, 4) is 0 Å². The van der Waals surface area contributed by atoms with Crippen LogP contribution in [-0.2, 0) is 19.0 Å². The molecule has 8 nitrogen and oxygen atoms in total. The third-order valence-electron chi connectivity index (χ3n) is 7.02. The molecule has 5 rings (SSSR count). The van der Waals surface area contributed by atoms with Gasteiger partial charge in [0.15, 0.2) is 6.29 Å². The van der Waals surface area contributed by atoms with E-state index in [0.29, 0.717) is 29.1 Å². The Balaban J connectivity index is 1.13. The monoisotopic (exact) mass is 447 g/mol. The van der Waals surface area contributed by atoms with Gasteiger partial charge in [-0.15, -0.1) is 0 Å². The summed E-state index contributed by atoms with van der Waals surface area (Å²) in [6.45, 7) is 5.09. The van der Waals surface area contributed by atoms with Gasteiger partial charge in [-0.3, -0.25) is 9.69 Å². The highest BCUT2D eigenvalue weighted by molar-refractivity contribution is 5.90. The SMILES string of the molecule is CC(=O)NC[C@H]1CN(c2ccc(N3CC4C(COC5CCCCO5)C4C3)c(F)c2)C(=O)O1. The molecule has 1 aromatic carbocycles. The summed E-state index contributed by atoms with van der Waals surface area (Å²) in [5, 5.41) is 2.64. The number of nitrogens with zero attached hydrogens (tertiary/aromatic N) is 2. The number of anilines is 2. The van der Waals surface area contributed by atoms with Gasteiger partial charge in [-0.05, 0) is 55.2 Å². The van der Waals surface area contributed by atoms with Crippen LogP contribution in [0.4, 0.5) is 20.6 Å². The number of piperidine rings is 1. The Morgan fingerprint density at radius 1 is 1.25 bits per heavy atom. The predicted molar refractivity (Wildman–Crippen MR) is 115 cm³/mol. The van der Waals surface area contributed by atoms with Gasteiger partial charge in [0.05, 0.1) is 31.1 Å². The number of nitrogens with one attached hydrogen (secondary N) is 1. The topological polar surface area (TPSA) is 80.3 Å². The van der Waals surface area contributed by atoms with Crippen LogP contribution in [0.25, 0.3) is 0 Å². The normalized spacial score (nSPS) is 31.4. The molecule has 2 amide bonds. The number of hydrogen-bond donors (Lipinski definition) is 1. The lowest BCUT2D eigenvalue weighted by molar-refractivity contribution is -0.165. The maximum atomic E-state index is 14.9. The first-order valence-electron chi connectivity index (χ1n) is 11.5. The molecule has 9 heteroatoms. The second kappa shape index (κ2) is 8.86. The van der Waals surface area contributed by atoms with Crippen LogP contribution in [0.5, 0.6) is 0 Å². The summed E-state index contributed by atoms with van der Waals surface area (Å²) in [6, 6.07) is 4.89. The van der Waals surface area contributed by atoms with Crippen molar-refractivity contribution < 1.29 is 28.2 Å². The van der Waals surface area contributed by atoms with E-state index < -0.39 is 12.2 Å². The zero-order valence-electron chi connectivity index (χ0n) is 18.3. The summed E-state index contributed by atoms with van der Waals surface area (Å²) in [7, 11) is 0. The van der Waals surface area contributed by atoms with Crippen molar-refractivity contribution in [3.05, 3.63) is 24.0 Å². The number of rotatable bonds is 7. The Hall–Kier alpha value is -2.39. The van der Waals surface area contributed by atoms with Gasteiger partial charge in [0.25, 0.3) is 0 Å². The van der Waals surface area contributed by atoms with Crippen molar-refractivity contribution in [1.82, 2.24) is 5.32 Å². The summed E-state index contributed by atoms with van der Waals surface area (Å²) >= 11 is 0. The lowest BCUT2D eigenvalue weighted by atomic mass is 10.2. The van der Waals surface area contributed by atoms with Crippen molar-refractivity contribution >= 4 is 23.4 Å². The second-order valence-corrected chi connectivity index (χ2v) is 9.22. The summed E-state index contributed by atoms with van der Waals surface area (Å²) in [5.41, 5.74) is 1.03. The van der Waals surface area contributed by atoms with Crippen LogP contribution < -0.4 is 15.1 Å². The van der Waals surface area contributed by atoms with E-state index in [4.69, 9.17) is 14.2 Å². The Labute approximate surface area is 187 Å². The first kappa shape index (κ1) is 21.5. The van der Waals surface area contributed by atoms with Crippen LogP contribution in [0.3, 0.4) is 0 Å². The van der Waals surface area contributed by atoms with Crippen molar-refractivity contribution in [2.45, 2.75) is 38.6 Å². The number of amides is 2. The number of carbonyl (C=O) groups excluding carboxylic acids is 2. The molecule has 3 heterocycles. The van der Waals surface area contributed by atoms with Gasteiger partial charge in [0, 0.05) is 26.6 Å². The zero-order valence-corrected chi connectivity index (χ0v) is 18.3. The minimum Gasteiger partial charge on any atom is -0.442 e. The van der Waals surface area contributed by atoms with Crippen LogP contribution in [0, 0.1) is 23.6 Å². The summed E-state index contributed by atoms with van der Waals surface area (Å²) < 4.78 is 31.8. The largest absolute Gasteiger partial charge is 0.442 e. The van der Waals surface area contributed by atoms with Crippen LogP contribution in [0.15, 0.2) is 18.2 Å². The average Bonchev–Trinajstić information content (AvgIpc) is 3.09. The zero-order chi connectivity index (χ0) is 22.2. The van der Waals surface area contributed by atoms with E-state index in [1.54, 1.807) is 12.1 Å². The standard InChI is InChI=1S/C23H30FN3O5/c1-14(28)25-9-16-10-27(23(29)32-16)15-5-6-21(20(24)8-15)26-11-17-18(12-26)19(17)13-31-22-4-2-3-7-30-22/h5-6,8,16-19,22H,2-4,7,9-13H2,1H3,(H,25,28)/t16-,17?,18?,19?,22?/m0/s1. The van der Waals surface area contributed by atoms with Gasteiger partial charge in [-0.1, -0.05) is 0 Å². The van der Waals surface area contributed by atoms with Crippen LogP contribution in [-0.4, -0.2) is 63.8 Å². The third-order valence-corrected chi connectivity index (χ3v) is 7.02. The molecular weight excluding hydrogens is 417 g/mol. The summed E-state index contributed by atoms with van der Waals surface area (Å²) in [6.07, 6.45) is 2.23. The molecule has 3 unspecified atom stereocenters. The second-order valence-electron chi connectivity index (χ2n) is 9.22. The fourth-order valence-corrected chi connectivity index (χ4v) is 5.17. The maximum Gasteiger partial charge on any atom is 0.414 e. The molecule has 0 aromatic heterocycles. The van der Waals surface area contributed by atoms with E-state index in [0.717, 1.165) is 45.6 Å². The fourth-order valence-electron chi connectivity index (χ4n) is 5.17. The first-order chi connectivity index (χ1) is 15.5. The van der Waals surface area contributed by atoms with E-state index in [1.807, 2.05) is 0 Å². The molecule has 4 fully saturated rings. The number of benzene rings is 1. The first-order valence-corrected chi connectivity index (χ1v) is 11.5. The Morgan fingerprint density at radius 3 is 2.75 bits per heavy atom. The maximum absolute atomic E-state index is 14.9. The van der Waals surface area contributed by atoms with E-state index in [-0.39, 0.29) is 31.1 Å². The quantitative estimate of drug-likeness (QED) is 0.692. The van der Waals surface area contributed by atoms with Crippen molar-refractivity contribution in [2.24, 2.45) is 17.8 Å². The number of cyclic esters (lactones) is 1. The molecule has 0 radical (unpaired) electrons. The Morgan fingerprint density at radius 2 is 2.06 bits per heavy atom. The molecule has 32 heavy (non-hydrogen) atoms. The predicted octanol–water partition coefficient (Wildman–Crippen LogP) is 2.51. The number of carbonyl (C=O) groups is 2. The van der Waals surface area contributed by atoms with E-state index in [2.05, 4.69) is 10.2 Å². The van der Waals surface area contributed by atoms with Crippen LogP contribution in [0.2, 0.25) is 0 Å².